The first-order valence-corrected chi connectivity index (χ1v) is 10.3. The van der Waals surface area contributed by atoms with Crippen LogP contribution in [-0.4, -0.2) is 41.5 Å². The largest absolute Gasteiger partial charge is 0.494 e. The molecule has 0 aliphatic carbocycles. The maximum atomic E-state index is 12.9. The van der Waals surface area contributed by atoms with E-state index in [1.54, 1.807) is 0 Å². The van der Waals surface area contributed by atoms with Crippen LogP contribution in [0.4, 0.5) is 11.4 Å². The zero-order valence-corrected chi connectivity index (χ0v) is 17.4. The highest BCUT2D eigenvalue weighted by Gasteiger charge is 2.42. The first-order chi connectivity index (χ1) is 13.3. The fourth-order valence-corrected chi connectivity index (χ4v) is 4.68. The molecular formula is C20H28ClN3O4. The van der Waals surface area contributed by atoms with Crippen molar-refractivity contribution in [3.05, 3.63) is 27.3 Å². The van der Waals surface area contributed by atoms with Crippen LogP contribution in [0.1, 0.15) is 46.0 Å². The number of hydrogen-bond acceptors (Lipinski definition) is 5. The van der Waals surface area contributed by atoms with Gasteiger partial charge < -0.3 is 10.1 Å². The smallest absolute Gasteiger partial charge is 0.291 e. The predicted molar refractivity (Wildman–Crippen MR) is 109 cm³/mol. The van der Waals surface area contributed by atoms with E-state index < -0.39 is 4.92 Å². The van der Waals surface area contributed by atoms with E-state index in [-0.39, 0.29) is 28.3 Å². The number of piperidine rings is 1. The molecule has 0 radical (unpaired) electrons. The van der Waals surface area contributed by atoms with E-state index in [4.69, 9.17) is 16.3 Å². The molecule has 0 saturated carbocycles. The van der Waals surface area contributed by atoms with E-state index in [2.05, 4.69) is 24.1 Å². The molecule has 7 nitrogen and oxygen atoms in total. The minimum atomic E-state index is -0.568. The third-order valence-electron chi connectivity index (χ3n) is 5.94. The lowest BCUT2D eigenvalue weighted by Crippen LogP contribution is -2.46. The van der Waals surface area contributed by atoms with Gasteiger partial charge >= 0.3 is 0 Å². The standard InChI is InChI=1S/C20H28ClN3O4/c1-12(2)6-7-23-14-4-5-15(23)9-13(8-14)20(25)22-17-10-16(21)18(24(26)27)11-19(17)28-3/h10-15H,4-9H2,1-3H3,(H,22,25). The zero-order chi connectivity index (χ0) is 20.4. The molecule has 1 aromatic rings. The van der Waals surface area contributed by atoms with E-state index in [1.807, 2.05) is 0 Å². The van der Waals surface area contributed by atoms with Crippen molar-refractivity contribution in [1.82, 2.24) is 4.90 Å². The van der Waals surface area contributed by atoms with Gasteiger partial charge in [-0.15, -0.1) is 0 Å². The number of benzene rings is 1. The molecule has 2 heterocycles. The number of carbonyl (C=O) groups excluding carboxylic acids is 1. The lowest BCUT2D eigenvalue weighted by Gasteiger charge is -2.38. The van der Waals surface area contributed by atoms with E-state index in [0.717, 1.165) is 32.2 Å². The van der Waals surface area contributed by atoms with Crippen molar-refractivity contribution in [2.75, 3.05) is 19.0 Å². The molecule has 1 N–H and O–H groups in total. The van der Waals surface area contributed by atoms with Gasteiger partial charge in [0.25, 0.3) is 5.69 Å². The first-order valence-electron chi connectivity index (χ1n) is 9.88. The Hall–Kier alpha value is -1.86. The number of methoxy groups -OCH3 is 1. The van der Waals surface area contributed by atoms with Crippen molar-refractivity contribution in [3.8, 4) is 5.75 Å². The summed E-state index contributed by atoms with van der Waals surface area (Å²) in [7, 11) is 1.41. The van der Waals surface area contributed by atoms with Crippen molar-refractivity contribution in [1.29, 1.82) is 0 Å². The molecule has 0 spiro atoms. The summed E-state index contributed by atoms with van der Waals surface area (Å²) in [4.78, 5) is 26.0. The Morgan fingerprint density at radius 2 is 2.00 bits per heavy atom. The molecule has 8 heteroatoms. The first kappa shape index (κ1) is 20.9. The van der Waals surface area contributed by atoms with Crippen molar-refractivity contribution >= 4 is 28.9 Å². The van der Waals surface area contributed by atoms with Gasteiger partial charge in [-0.05, 0) is 50.6 Å². The second-order valence-corrected chi connectivity index (χ2v) is 8.63. The minimum Gasteiger partial charge on any atom is -0.494 e. The van der Waals surface area contributed by atoms with Gasteiger partial charge in [0, 0.05) is 18.0 Å². The lowest BCUT2D eigenvalue weighted by molar-refractivity contribution is -0.384. The highest BCUT2D eigenvalue weighted by Crippen LogP contribution is 2.40. The average Bonchev–Trinajstić information content (AvgIpc) is 2.86. The van der Waals surface area contributed by atoms with Crippen LogP contribution >= 0.6 is 11.6 Å². The summed E-state index contributed by atoms with van der Waals surface area (Å²) in [6.45, 7) is 5.59. The molecule has 28 heavy (non-hydrogen) atoms. The Labute approximate surface area is 170 Å². The van der Waals surface area contributed by atoms with Gasteiger partial charge in [0.2, 0.25) is 5.91 Å². The number of nitro benzene ring substituents is 1. The second kappa shape index (κ2) is 8.66. The summed E-state index contributed by atoms with van der Waals surface area (Å²) in [5.74, 6) is 0.789. The third-order valence-corrected chi connectivity index (χ3v) is 6.25. The highest BCUT2D eigenvalue weighted by molar-refractivity contribution is 6.33. The molecule has 2 aliphatic heterocycles. The fourth-order valence-electron chi connectivity index (χ4n) is 4.44. The number of halogens is 1. The normalized spacial score (nSPS) is 24.4. The summed E-state index contributed by atoms with van der Waals surface area (Å²) < 4.78 is 5.22. The van der Waals surface area contributed by atoms with Crippen LogP contribution in [0.15, 0.2) is 12.1 Å². The summed E-state index contributed by atoms with van der Waals surface area (Å²) in [5, 5.41) is 13.9. The Kier molecular flexibility index (Phi) is 6.45. The molecule has 1 amide bonds. The number of rotatable bonds is 7. The molecule has 2 atom stereocenters. The van der Waals surface area contributed by atoms with Gasteiger partial charge in [-0.1, -0.05) is 25.4 Å². The van der Waals surface area contributed by atoms with E-state index >= 15 is 0 Å². The van der Waals surface area contributed by atoms with E-state index in [1.165, 1.54) is 25.7 Å². The predicted octanol–water partition coefficient (Wildman–Crippen LogP) is 4.48. The van der Waals surface area contributed by atoms with Crippen molar-refractivity contribution in [3.63, 3.8) is 0 Å². The summed E-state index contributed by atoms with van der Waals surface area (Å²) >= 11 is 6.00. The number of fused-ring (bicyclic) bond motifs is 2. The van der Waals surface area contributed by atoms with Gasteiger partial charge in [-0.25, -0.2) is 0 Å². The minimum absolute atomic E-state index is 0.0234. The molecule has 2 saturated heterocycles. The summed E-state index contributed by atoms with van der Waals surface area (Å²) in [6, 6.07) is 3.57. The van der Waals surface area contributed by atoms with Crippen LogP contribution in [0.3, 0.4) is 0 Å². The molecule has 2 aliphatic rings. The summed E-state index contributed by atoms with van der Waals surface area (Å²) in [6.07, 6.45) is 5.19. The molecule has 2 fully saturated rings. The second-order valence-electron chi connectivity index (χ2n) is 8.22. The molecule has 1 aromatic carbocycles. The quantitative estimate of drug-likeness (QED) is 0.530. The van der Waals surface area contributed by atoms with Crippen LogP contribution in [0, 0.1) is 22.0 Å². The molecular weight excluding hydrogens is 382 g/mol. The number of nitro groups is 1. The summed E-state index contributed by atoms with van der Waals surface area (Å²) in [5.41, 5.74) is 0.130. The Balaban J connectivity index is 1.68. The van der Waals surface area contributed by atoms with Crippen LogP contribution in [0.25, 0.3) is 0 Å². The van der Waals surface area contributed by atoms with Crippen LogP contribution < -0.4 is 10.1 Å². The zero-order valence-electron chi connectivity index (χ0n) is 16.6. The van der Waals surface area contributed by atoms with Gasteiger partial charge in [-0.3, -0.25) is 19.8 Å². The Morgan fingerprint density at radius 1 is 1.36 bits per heavy atom. The van der Waals surface area contributed by atoms with E-state index in [0.29, 0.717) is 23.7 Å². The van der Waals surface area contributed by atoms with Gasteiger partial charge in [0.1, 0.15) is 10.8 Å². The van der Waals surface area contributed by atoms with Gasteiger partial charge in [0.05, 0.1) is 23.8 Å². The monoisotopic (exact) mass is 409 g/mol. The number of nitrogens with zero attached hydrogens (tertiary/aromatic N) is 2. The average molecular weight is 410 g/mol. The number of nitrogens with one attached hydrogen (secondary N) is 1. The number of hydrogen-bond donors (Lipinski definition) is 1. The van der Waals surface area contributed by atoms with Gasteiger partial charge in [0.15, 0.2) is 0 Å². The van der Waals surface area contributed by atoms with E-state index in [9.17, 15) is 14.9 Å². The molecule has 3 rings (SSSR count). The van der Waals surface area contributed by atoms with Crippen LogP contribution in [-0.2, 0) is 4.79 Å². The number of anilines is 1. The maximum absolute atomic E-state index is 12.9. The molecule has 2 unspecified atom stereocenters. The third kappa shape index (κ3) is 4.41. The maximum Gasteiger partial charge on any atom is 0.291 e. The van der Waals surface area contributed by atoms with Crippen molar-refractivity contribution in [2.45, 2.75) is 58.0 Å². The van der Waals surface area contributed by atoms with Crippen LogP contribution in [0.2, 0.25) is 5.02 Å². The molecule has 154 valence electrons. The number of carbonyl (C=O) groups is 1. The Morgan fingerprint density at radius 3 is 2.54 bits per heavy atom. The fraction of sp³-hybridized carbons (Fsp3) is 0.650. The van der Waals surface area contributed by atoms with Crippen LogP contribution in [0.5, 0.6) is 5.75 Å². The molecule has 2 bridgehead atoms. The number of amides is 1. The topological polar surface area (TPSA) is 84.7 Å². The Bertz CT molecular complexity index is 741. The SMILES string of the molecule is COc1cc([N+](=O)[O-])c(Cl)cc1NC(=O)C1CC2CCC(C1)N2CCC(C)C. The van der Waals surface area contributed by atoms with Crippen molar-refractivity contribution in [2.24, 2.45) is 11.8 Å². The lowest BCUT2D eigenvalue weighted by atomic mass is 9.89. The molecule has 0 aromatic heterocycles. The van der Waals surface area contributed by atoms with Gasteiger partial charge in [-0.2, -0.15) is 0 Å². The highest BCUT2D eigenvalue weighted by atomic mass is 35.5. The number of ether oxygens (including phenoxy) is 1. The van der Waals surface area contributed by atoms with Crippen molar-refractivity contribution < 1.29 is 14.5 Å².